The Morgan fingerprint density at radius 2 is 1.80 bits per heavy atom. The lowest BCUT2D eigenvalue weighted by Gasteiger charge is -2.39. The van der Waals surface area contributed by atoms with E-state index in [4.69, 9.17) is 0 Å². The Kier molecular flexibility index (Phi) is 4.16. The van der Waals surface area contributed by atoms with Crippen molar-refractivity contribution in [3.05, 3.63) is 24.3 Å². The molecular weight excluding hydrogens is 267 g/mol. The van der Waals surface area contributed by atoms with Crippen LogP contribution >= 0.6 is 0 Å². The molecule has 1 atom stereocenters. The van der Waals surface area contributed by atoms with Gasteiger partial charge in [-0.2, -0.15) is 0 Å². The van der Waals surface area contributed by atoms with Gasteiger partial charge in [-0.3, -0.25) is 0 Å². The fourth-order valence-electron chi connectivity index (χ4n) is 2.72. The van der Waals surface area contributed by atoms with Crippen LogP contribution in [0, 0.1) is 5.41 Å². The summed E-state index contributed by atoms with van der Waals surface area (Å²) in [4.78, 5) is 0. The third-order valence-corrected chi connectivity index (χ3v) is 3.94. The number of anilines is 1. The van der Waals surface area contributed by atoms with E-state index in [-0.39, 0.29) is 11.2 Å². The summed E-state index contributed by atoms with van der Waals surface area (Å²) in [5.41, 5.74) is 1.04. The fourth-order valence-corrected chi connectivity index (χ4v) is 2.72. The van der Waals surface area contributed by atoms with Crippen molar-refractivity contribution in [3.8, 4) is 5.75 Å². The molecule has 1 fully saturated rings. The minimum atomic E-state index is -4.64. The van der Waals surface area contributed by atoms with Gasteiger partial charge in [-0.15, -0.1) is 13.2 Å². The summed E-state index contributed by atoms with van der Waals surface area (Å²) in [6, 6.07) is 6.29. The van der Waals surface area contributed by atoms with Crippen LogP contribution in [0.2, 0.25) is 0 Å². The van der Waals surface area contributed by atoms with E-state index < -0.39 is 6.36 Å². The minimum absolute atomic E-state index is 0.189. The molecule has 0 radical (unpaired) electrons. The Morgan fingerprint density at radius 1 is 1.15 bits per heavy atom. The van der Waals surface area contributed by atoms with Gasteiger partial charge >= 0.3 is 6.36 Å². The van der Waals surface area contributed by atoms with E-state index in [0.29, 0.717) is 6.04 Å². The van der Waals surface area contributed by atoms with Crippen LogP contribution in [-0.4, -0.2) is 12.4 Å². The molecule has 1 aliphatic rings. The number of hydrogen-bond acceptors (Lipinski definition) is 2. The molecule has 1 saturated carbocycles. The maximum absolute atomic E-state index is 12.1. The van der Waals surface area contributed by atoms with Crippen LogP contribution in [0.3, 0.4) is 0 Å². The second-order valence-corrected chi connectivity index (χ2v) is 6.00. The number of ether oxygens (including phenoxy) is 1. The summed E-state index contributed by atoms with van der Waals surface area (Å²) in [5.74, 6) is -0.189. The summed E-state index contributed by atoms with van der Waals surface area (Å²) >= 11 is 0. The Hall–Kier alpha value is -1.39. The lowest BCUT2D eigenvalue weighted by Crippen LogP contribution is -2.38. The van der Waals surface area contributed by atoms with Crippen LogP contribution in [0.15, 0.2) is 24.3 Å². The Bertz CT molecular complexity index is 439. The molecule has 1 aliphatic carbocycles. The monoisotopic (exact) mass is 287 g/mol. The van der Waals surface area contributed by atoms with Gasteiger partial charge in [-0.25, -0.2) is 0 Å². The van der Waals surface area contributed by atoms with Gasteiger partial charge in [-0.05, 0) is 42.5 Å². The topological polar surface area (TPSA) is 21.3 Å². The van der Waals surface area contributed by atoms with Crippen molar-refractivity contribution in [2.24, 2.45) is 5.41 Å². The van der Waals surface area contributed by atoms with Crippen LogP contribution in [-0.2, 0) is 0 Å². The van der Waals surface area contributed by atoms with Crippen LogP contribution in [0.1, 0.15) is 39.5 Å². The largest absolute Gasteiger partial charge is 0.573 e. The van der Waals surface area contributed by atoms with E-state index in [2.05, 4.69) is 23.9 Å². The van der Waals surface area contributed by atoms with E-state index >= 15 is 0 Å². The van der Waals surface area contributed by atoms with E-state index in [1.54, 1.807) is 12.1 Å². The number of halogens is 3. The third kappa shape index (κ3) is 4.05. The molecule has 2 rings (SSSR count). The van der Waals surface area contributed by atoms with Crippen molar-refractivity contribution in [1.82, 2.24) is 0 Å². The standard InChI is InChI=1S/C15H20F3NO/c1-14(2)10-4-3-5-13(14)19-11-6-8-12(9-7-11)20-15(16,17)18/h6-9,13,19H,3-5,10H2,1-2H3. The van der Waals surface area contributed by atoms with Crippen molar-refractivity contribution in [3.63, 3.8) is 0 Å². The maximum Gasteiger partial charge on any atom is 0.573 e. The summed E-state index contributed by atoms with van der Waals surface area (Å²) in [6.45, 7) is 4.45. The smallest absolute Gasteiger partial charge is 0.406 e. The molecule has 0 saturated heterocycles. The molecule has 1 aromatic rings. The molecule has 0 aliphatic heterocycles. The average molecular weight is 287 g/mol. The predicted octanol–water partition coefficient (Wildman–Crippen LogP) is 4.97. The van der Waals surface area contributed by atoms with Gasteiger partial charge in [0.05, 0.1) is 0 Å². The second-order valence-electron chi connectivity index (χ2n) is 6.00. The van der Waals surface area contributed by atoms with Gasteiger partial charge in [0.15, 0.2) is 0 Å². The highest BCUT2D eigenvalue weighted by Crippen LogP contribution is 2.37. The number of alkyl halides is 3. The van der Waals surface area contributed by atoms with Gasteiger partial charge in [0.25, 0.3) is 0 Å². The molecule has 20 heavy (non-hydrogen) atoms. The van der Waals surface area contributed by atoms with E-state index in [9.17, 15) is 13.2 Å². The first-order chi connectivity index (χ1) is 9.26. The van der Waals surface area contributed by atoms with Crippen LogP contribution in [0.25, 0.3) is 0 Å². The lowest BCUT2D eigenvalue weighted by atomic mass is 9.73. The first-order valence-electron chi connectivity index (χ1n) is 6.89. The molecule has 0 heterocycles. The normalized spacial score (nSPS) is 22.4. The Balaban J connectivity index is 2.00. The van der Waals surface area contributed by atoms with E-state index in [1.807, 2.05) is 0 Å². The lowest BCUT2D eigenvalue weighted by molar-refractivity contribution is -0.274. The zero-order valence-corrected chi connectivity index (χ0v) is 11.8. The fraction of sp³-hybridized carbons (Fsp3) is 0.600. The molecule has 0 aromatic heterocycles. The van der Waals surface area contributed by atoms with E-state index in [0.717, 1.165) is 12.1 Å². The third-order valence-electron chi connectivity index (χ3n) is 3.94. The zero-order chi connectivity index (χ0) is 14.8. The van der Waals surface area contributed by atoms with Gasteiger partial charge in [0.1, 0.15) is 5.75 Å². The molecular formula is C15H20F3NO. The van der Waals surface area contributed by atoms with Crippen LogP contribution in [0.5, 0.6) is 5.75 Å². The Morgan fingerprint density at radius 3 is 2.35 bits per heavy atom. The molecule has 1 unspecified atom stereocenters. The number of rotatable bonds is 3. The van der Waals surface area contributed by atoms with Gasteiger partial charge in [-0.1, -0.05) is 26.7 Å². The molecule has 112 valence electrons. The highest BCUT2D eigenvalue weighted by molar-refractivity contribution is 5.47. The van der Waals surface area contributed by atoms with Crippen molar-refractivity contribution in [2.45, 2.75) is 51.9 Å². The van der Waals surface area contributed by atoms with Gasteiger partial charge in [0, 0.05) is 11.7 Å². The molecule has 1 N–H and O–H groups in total. The highest BCUT2D eigenvalue weighted by Gasteiger charge is 2.32. The summed E-state index contributed by atoms with van der Waals surface area (Å²) in [7, 11) is 0. The first kappa shape index (κ1) is 15.0. The maximum atomic E-state index is 12.1. The molecule has 2 nitrogen and oxygen atoms in total. The molecule has 1 aromatic carbocycles. The molecule has 5 heteroatoms. The summed E-state index contributed by atoms with van der Waals surface area (Å²) in [5, 5.41) is 3.42. The van der Waals surface area contributed by atoms with Crippen molar-refractivity contribution < 1.29 is 17.9 Å². The van der Waals surface area contributed by atoms with E-state index in [1.165, 1.54) is 31.4 Å². The number of hydrogen-bond donors (Lipinski definition) is 1. The zero-order valence-electron chi connectivity index (χ0n) is 11.8. The molecule has 0 bridgehead atoms. The average Bonchev–Trinajstić information content (AvgIpc) is 2.32. The van der Waals surface area contributed by atoms with Crippen molar-refractivity contribution in [2.75, 3.05) is 5.32 Å². The Labute approximate surface area is 117 Å². The van der Waals surface area contributed by atoms with Crippen molar-refractivity contribution in [1.29, 1.82) is 0 Å². The summed E-state index contributed by atoms with van der Waals surface area (Å²) < 4.78 is 40.1. The minimum Gasteiger partial charge on any atom is -0.406 e. The summed E-state index contributed by atoms with van der Waals surface area (Å²) in [6.07, 6.45) is 0.0496. The highest BCUT2D eigenvalue weighted by atomic mass is 19.4. The second kappa shape index (κ2) is 5.54. The number of benzene rings is 1. The van der Waals surface area contributed by atoms with Gasteiger partial charge < -0.3 is 10.1 Å². The van der Waals surface area contributed by atoms with Crippen LogP contribution < -0.4 is 10.1 Å². The SMILES string of the molecule is CC1(C)CCCCC1Nc1ccc(OC(F)(F)F)cc1. The van der Waals surface area contributed by atoms with Gasteiger partial charge in [0.2, 0.25) is 0 Å². The van der Waals surface area contributed by atoms with Crippen molar-refractivity contribution >= 4 is 5.69 Å². The molecule has 0 spiro atoms. The quantitative estimate of drug-likeness (QED) is 0.847. The first-order valence-corrected chi connectivity index (χ1v) is 6.89. The number of nitrogens with one attached hydrogen (secondary N) is 1. The predicted molar refractivity (Wildman–Crippen MR) is 72.8 cm³/mol. The van der Waals surface area contributed by atoms with Crippen LogP contribution in [0.4, 0.5) is 18.9 Å². The molecule has 0 amide bonds.